The minimum atomic E-state index is -3.68. The van der Waals surface area contributed by atoms with Crippen LogP contribution >= 0.6 is 15.9 Å². The molecule has 0 radical (unpaired) electrons. The molecule has 1 aromatic rings. The molecular formula is C13H18BrN3O3S. The van der Waals surface area contributed by atoms with Crippen LogP contribution in [0.3, 0.4) is 0 Å². The molecule has 1 aromatic carbocycles. The second-order valence-corrected chi connectivity index (χ2v) is 7.90. The average Bonchev–Trinajstić information content (AvgIpc) is 2.40. The zero-order chi connectivity index (χ0) is 15.6. The molecular weight excluding hydrogens is 358 g/mol. The molecule has 116 valence electrons. The molecule has 2 rings (SSSR count). The first-order valence-electron chi connectivity index (χ1n) is 6.66. The van der Waals surface area contributed by atoms with E-state index in [0.717, 1.165) is 25.7 Å². The Kier molecular flexibility index (Phi) is 5.03. The van der Waals surface area contributed by atoms with Crippen LogP contribution in [-0.2, 0) is 10.0 Å². The summed E-state index contributed by atoms with van der Waals surface area (Å²) < 4.78 is 27.9. The Morgan fingerprint density at radius 3 is 2.38 bits per heavy atom. The molecule has 0 spiro atoms. The Hall–Kier alpha value is -0.960. The van der Waals surface area contributed by atoms with E-state index in [-0.39, 0.29) is 22.5 Å². The van der Waals surface area contributed by atoms with Crippen LogP contribution in [-0.4, -0.2) is 26.4 Å². The van der Waals surface area contributed by atoms with Gasteiger partial charge in [-0.25, -0.2) is 13.1 Å². The van der Waals surface area contributed by atoms with Crippen molar-refractivity contribution in [3.05, 3.63) is 28.2 Å². The molecule has 21 heavy (non-hydrogen) atoms. The lowest BCUT2D eigenvalue weighted by Gasteiger charge is -2.26. The summed E-state index contributed by atoms with van der Waals surface area (Å²) in [5.41, 5.74) is 11.2. The first kappa shape index (κ1) is 16.4. The van der Waals surface area contributed by atoms with Gasteiger partial charge in [-0.3, -0.25) is 4.79 Å². The smallest absolute Gasteiger partial charge is 0.248 e. The molecule has 8 heteroatoms. The van der Waals surface area contributed by atoms with Gasteiger partial charge in [0.25, 0.3) is 0 Å². The predicted molar refractivity (Wildman–Crippen MR) is 83.2 cm³/mol. The molecule has 1 aliphatic carbocycles. The van der Waals surface area contributed by atoms with E-state index < -0.39 is 15.9 Å². The van der Waals surface area contributed by atoms with Crippen molar-refractivity contribution >= 4 is 31.9 Å². The van der Waals surface area contributed by atoms with Gasteiger partial charge in [0, 0.05) is 22.1 Å². The molecule has 0 aromatic heterocycles. The van der Waals surface area contributed by atoms with Crippen molar-refractivity contribution in [3.8, 4) is 0 Å². The summed E-state index contributed by atoms with van der Waals surface area (Å²) in [7, 11) is -3.68. The molecule has 1 aliphatic rings. The third-order valence-corrected chi connectivity index (χ3v) is 5.52. The number of hydrogen-bond donors (Lipinski definition) is 3. The molecule has 0 aliphatic heterocycles. The van der Waals surface area contributed by atoms with Crippen molar-refractivity contribution in [3.63, 3.8) is 0 Å². The van der Waals surface area contributed by atoms with Crippen LogP contribution in [0.1, 0.15) is 36.0 Å². The number of carbonyl (C=O) groups excluding carboxylic acids is 1. The second-order valence-electron chi connectivity index (χ2n) is 5.27. The molecule has 0 bridgehead atoms. The number of primary amides is 1. The van der Waals surface area contributed by atoms with Crippen molar-refractivity contribution in [2.75, 3.05) is 0 Å². The molecule has 0 saturated heterocycles. The van der Waals surface area contributed by atoms with Gasteiger partial charge in [0.2, 0.25) is 15.9 Å². The van der Waals surface area contributed by atoms with Crippen molar-refractivity contribution in [2.45, 2.75) is 42.7 Å². The van der Waals surface area contributed by atoms with Gasteiger partial charge in [0.15, 0.2) is 0 Å². The van der Waals surface area contributed by atoms with E-state index in [1.807, 2.05) is 0 Å². The minimum Gasteiger partial charge on any atom is -0.366 e. The lowest BCUT2D eigenvalue weighted by atomic mass is 9.93. The summed E-state index contributed by atoms with van der Waals surface area (Å²) in [6.45, 7) is 0. The number of amides is 1. The minimum absolute atomic E-state index is 0.0283. The van der Waals surface area contributed by atoms with Crippen molar-refractivity contribution in [2.24, 2.45) is 11.5 Å². The Morgan fingerprint density at radius 1 is 1.19 bits per heavy atom. The summed E-state index contributed by atoms with van der Waals surface area (Å²) in [6.07, 6.45) is 3.05. The van der Waals surface area contributed by atoms with Crippen molar-refractivity contribution < 1.29 is 13.2 Å². The standard InChI is InChI=1S/C13H18BrN3O3S/c14-9-5-8(13(16)18)6-12(7-9)21(19,20)17-11-3-1-10(15)2-4-11/h5-7,10-11,17H,1-4,15H2,(H2,16,18). The summed E-state index contributed by atoms with van der Waals surface area (Å²) in [5, 5.41) is 0. The number of hydrogen-bond acceptors (Lipinski definition) is 4. The number of nitrogens with two attached hydrogens (primary N) is 2. The predicted octanol–water partition coefficient (Wildman–Crippen LogP) is 1.10. The highest BCUT2D eigenvalue weighted by Gasteiger charge is 2.25. The second kappa shape index (κ2) is 6.43. The molecule has 5 N–H and O–H groups in total. The van der Waals surface area contributed by atoms with Crippen LogP contribution in [0.2, 0.25) is 0 Å². The largest absolute Gasteiger partial charge is 0.366 e. The molecule has 1 amide bonds. The molecule has 0 unspecified atom stereocenters. The van der Waals surface area contributed by atoms with E-state index >= 15 is 0 Å². The van der Waals surface area contributed by atoms with Crippen LogP contribution in [0.5, 0.6) is 0 Å². The van der Waals surface area contributed by atoms with Crippen LogP contribution in [0.25, 0.3) is 0 Å². The van der Waals surface area contributed by atoms with E-state index in [1.165, 1.54) is 18.2 Å². The third-order valence-electron chi connectivity index (χ3n) is 3.56. The maximum Gasteiger partial charge on any atom is 0.248 e. The first-order chi connectivity index (χ1) is 9.78. The lowest BCUT2D eigenvalue weighted by molar-refractivity contribution is 0.1000. The van der Waals surface area contributed by atoms with Crippen LogP contribution in [0, 0.1) is 0 Å². The highest BCUT2D eigenvalue weighted by molar-refractivity contribution is 9.10. The van der Waals surface area contributed by atoms with Crippen LogP contribution in [0.4, 0.5) is 0 Å². The third kappa shape index (κ3) is 4.26. The number of halogens is 1. The van der Waals surface area contributed by atoms with Crippen LogP contribution < -0.4 is 16.2 Å². The van der Waals surface area contributed by atoms with Gasteiger partial charge >= 0.3 is 0 Å². The van der Waals surface area contributed by atoms with Gasteiger partial charge in [-0.1, -0.05) is 15.9 Å². The Balaban J connectivity index is 2.21. The average molecular weight is 376 g/mol. The molecule has 1 saturated carbocycles. The highest BCUT2D eigenvalue weighted by atomic mass is 79.9. The Morgan fingerprint density at radius 2 is 1.81 bits per heavy atom. The van der Waals surface area contributed by atoms with E-state index in [4.69, 9.17) is 11.5 Å². The SMILES string of the molecule is NC(=O)c1cc(Br)cc(S(=O)(=O)NC2CCC(N)CC2)c1. The quantitative estimate of drug-likeness (QED) is 0.730. The maximum atomic E-state index is 12.4. The fraction of sp³-hybridized carbons (Fsp3) is 0.462. The topological polar surface area (TPSA) is 115 Å². The van der Waals surface area contributed by atoms with Gasteiger partial charge in [0.05, 0.1) is 4.90 Å². The van der Waals surface area contributed by atoms with Gasteiger partial charge in [-0.15, -0.1) is 0 Å². The van der Waals surface area contributed by atoms with Gasteiger partial charge in [-0.05, 0) is 43.9 Å². The molecule has 6 nitrogen and oxygen atoms in total. The Labute approximate surface area is 132 Å². The normalized spacial score (nSPS) is 23.0. The number of rotatable bonds is 4. The zero-order valence-corrected chi connectivity index (χ0v) is 13.8. The van der Waals surface area contributed by atoms with E-state index in [1.54, 1.807) is 0 Å². The van der Waals surface area contributed by atoms with Crippen LogP contribution in [0.15, 0.2) is 27.6 Å². The fourth-order valence-corrected chi connectivity index (χ4v) is 4.40. The number of carbonyl (C=O) groups is 1. The molecule has 0 heterocycles. The number of benzene rings is 1. The number of sulfonamides is 1. The lowest BCUT2D eigenvalue weighted by Crippen LogP contribution is -2.40. The number of nitrogens with one attached hydrogen (secondary N) is 1. The summed E-state index contributed by atoms with van der Waals surface area (Å²) in [4.78, 5) is 11.3. The zero-order valence-electron chi connectivity index (χ0n) is 11.4. The highest BCUT2D eigenvalue weighted by Crippen LogP contribution is 2.22. The van der Waals surface area contributed by atoms with Gasteiger partial charge in [-0.2, -0.15) is 0 Å². The first-order valence-corrected chi connectivity index (χ1v) is 8.94. The fourth-order valence-electron chi connectivity index (χ4n) is 2.38. The summed E-state index contributed by atoms with van der Waals surface area (Å²) in [6, 6.07) is 4.25. The van der Waals surface area contributed by atoms with Gasteiger partial charge in [0.1, 0.15) is 0 Å². The van der Waals surface area contributed by atoms with E-state index in [9.17, 15) is 13.2 Å². The van der Waals surface area contributed by atoms with E-state index in [0.29, 0.717) is 4.47 Å². The molecule has 0 atom stereocenters. The maximum absolute atomic E-state index is 12.4. The summed E-state index contributed by atoms with van der Waals surface area (Å²) >= 11 is 3.19. The van der Waals surface area contributed by atoms with E-state index in [2.05, 4.69) is 20.7 Å². The van der Waals surface area contributed by atoms with Crippen molar-refractivity contribution in [1.29, 1.82) is 0 Å². The summed E-state index contributed by atoms with van der Waals surface area (Å²) in [5.74, 6) is -0.670. The van der Waals surface area contributed by atoms with Gasteiger partial charge < -0.3 is 11.5 Å². The monoisotopic (exact) mass is 375 g/mol. The molecule has 1 fully saturated rings. The Bertz CT molecular complexity index is 640. The van der Waals surface area contributed by atoms with Crippen molar-refractivity contribution in [1.82, 2.24) is 4.72 Å².